The van der Waals surface area contributed by atoms with E-state index in [0.717, 1.165) is 16.5 Å². The molecule has 20 heavy (non-hydrogen) atoms. The van der Waals surface area contributed by atoms with Crippen molar-refractivity contribution in [3.8, 4) is 11.4 Å². The van der Waals surface area contributed by atoms with Gasteiger partial charge in [0.15, 0.2) is 11.0 Å². The minimum absolute atomic E-state index is 0.215. The lowest BCUT2D eigenvalue weighted by Crippen LogP contribution is -2.14. The number of carbonyl (C=O) groups excluding carboxylic acids is 1. The molecule has 0 aromatic carbocycles. The molecule has 108 valence electrons. The lowest BCUT2D eigenvalue weighted by Gasteiger charge is -2.13. The number of nitrogens with two attached hydrogens (primary N) is 1. The molecule has 0 unspecified atom stereocenters. The minimum atomic E-state index is -0.350. The number of nitrogens with zero attached hydrogens (tertiary/aromatic N) is 3. The van der Waals surface area contributed by atoms with E-state index in [-0.39, 0.29) is 17.7 Å². The maximum Gasteiger partial charge on any atom is 0.227 e. The average molecular weight is 310 g/mol. The van der Waals surface area contributed by atoms with Gasteiger partial charge in [-0.3, -0.25) is 9.36 Å². The quantitative estimate of drug-likeness (QED) is 0.862. The van der Waals surface area contributed by atoms with Crippen LogP contribution in [-0.2, 0) is 4.79 Å². The van der Waals surface area contributed by atoms with E-state index >= 15 is 0 Å². The van der Waals surface area contributed by atoms with Gasteiger partial charge in [-0.2, -0.15) is 0 Å². The molecule has 2 aromatic heterocycles. The summed E-state index contributed by atoms with van der Waals surface area (Å²) in [6, 6.07) is 0.218. The van der Waals surface area contributed by atoms with Gasteiger partial charge in [-0.15, -0.1) is 21.5 Å². The van der Waals surface area contributed by atoms with Crippen molar-refractivity contribution in [2.75, 3.05) is 5.75 Å². The Kier molecular flexibility index (Phi) is 4.49. The van der Waals surface area contributed by atoms with Crippen LogP contribution >= 0.6 is 23.1 Å². The first-order chi connectivity index (χ1) is 9.41. The minimum Gasteiger partial charge on any atom is -0.369 e. The van der Waals surface area contributed by atoms with Gasteiger partial charge in [0, 0.05) is 21.9 Å². The van der Waals surface area contributed by atoms with Crippen LogP contribution in [0.2, 0.25) is 0 Å². The first-order valence-corrected chi connectivity index (χ1v) is 8.19. The van der Waals surface area contributed by atoms with Gasteiger partial charge in [-0.05, 0) is 33.3 Å². The van der Waals surface area contributed by atoms with Crippen LogP contribution in [-0.4, -0.2) is 26.4 Å². The summed E-state index contributed by atoms with van der Waals surface area (Å²) in [5, 5.41) is 11.4. The second-order valence-corrected chi connectivity index (χ2v) is 6.88. The molecular weight excluding hydrogens is 292 g/mol. The molecule has 2 aromatic rings. The zero-order valence-corrected chi connectivity index (χ0v) is 13.6. The fourth-order valence-corrected chi connectivity index (χ4v) is 3.56. The van der Waals surface area contributed by atoms with E-state index in [1.807, 2.05) is 0 Å². The largest absolute Gasteiger partial charge is 0.369 e. The van der Waals surface area contributed by atoms with Crippen molar-refractivity contribution in [1.29, 1.82) is 0 Å². The fourth-order valence-electron chi connectivity index (χ4n) is 1.89. The highest BCUT2D eigenvalue weighted by molar-refractivity contribution is 7.99. The zero-order valence-electron chi connectivity index (χ0n) is 12.0. The molecule has 0 aliphatic rings. The Balaban J connectivity index is 2.44. The number of hydrogen-bond donors (Lipinski definition) is 1. The number of thioether (sulfide) groups is 1. The van der Waals surface area contributed by atoms with Crippen LogP contribution in [0.4, 0.5) is 0 Å². The zero-order chi connectivity index (χ0) is 14.9. The topological polar surface area (TPSA) is 73.8 Å². The summed E-state index contributed by atoms with van der Waals surface area (Å²) in [4.78, 5) is 12.2. The van der Waals surface area contributed by atoms with E-state index in [2.05, 4.69) is 47.8 Å². The maximum absolute atomic E-state index is 10.9. The van der Waals surface area contributed by atoms with Crippen LogP contribution < -0.4 is 5.73 Å². The second kappa shape index (κ2) is 5.97. The van der Waals surface area contributed by atoms with Gasteiger partial charge in [-0.25, -0.2) is 0 Å². The molecule has 0 atom stereocenters. The van der Waals surface area contributed by atoms with Crippen LogP contribution in [0, 0.1) is 13.8 Å². The standard InChI is InChI=1S/C13H18N4OS2/c1-7(2)17-12(10-5-19-9(4)8(10)3)15-16-13(17)20-6-11(14)18/h5,7H,6H2,1-4H3,(H2,14,18). The average Bonchev–Trinajstić information content (AvgIpc) is 2.92. The monoisotopic (exact) mass is 310 g/mol. The molecule has 0 saturated heterocycles. The Morgan fingerprint density at radius 2 is 2.15 bits per heavy atom. The smallest absolute Gasteiger partial charge is 0.227 e. The summed E-state index contributed by atoms with van der Waals surface area (Å²) in [6.45, 7) is 8.35. The van der Waals surface area contributed by atoms with Crippen molar-refractivity contribution in [3.05, 3.63) is 15.8 Å². The van der Waals surface area contributed by atoms with Gasteiger partial charge in [-0.1, -0.05) is 11.8 Å². The molecule has 0 aliphatic heterocycles. The van der Waals surface area contributed by atoms with Crippen LogP contribution in [0.5, 0.6) is 0 Å². The molecule has 0 bridgehead atoms. The van der Waals surface area contributed by atoms with Crippen LogP contribution in [0.15, 0.2) is 10.5 Å². The molecule has 1 amide bonds. The predicted molar refractivity (Wildman–Crippen MR) is 83.1 cm³/mol. The normalized spacial score (nSPS) is 11.2. The number of aromatic nitrogens is 3. The number of aryl methyl sites for hydroxylation is 1. The molecule has 0 saturated carbocycles. The third kappa shape index (κ3) is 2.88. The van der Waals surface area contributed by atoms with E-state index in [1.54, 1.807) is 11.3 Å². The van der Waals surface area contributed by atoms with E-state index in [1.165, 1.54) is 22.2 Å². The predicted octanol–water partition coefficient (Wildman–Crippen LogP) is 2.78. The number of amides is 1. The highest BCUT2D eigenvalue weighted by Crippen LogP contribution is 2.33. The molecule has 5 nitrogen and oxygen atoms in total. The molecule has 0 fully saturated rings. The first-order valence-electron chi connectivity index (χ1n) is 6.32. The van der Waals surface area contributed by atoms with Gasteiger partial charge in [0.1, 0.15) is 0 Å². The van der Waals surface area contributed by atoms with Crippen molar-refractivity contribution in [2.45, 2.75) is 38.9 Å². The molecule has 2 rings (SSSR count). The van der Waals surface area contributed by atoms with Crippen LogP contribution in [0.25, 0.3) is 11.4 Å². The molecule has 0 radical (unpaired) electrons. The number of hydrogen-bond acceptors (Lipinski definition) is 5. The summed E-state index contributed by atoms with van der Waals surface area (Å²) in [5.41, 5.74) is 7.54. The van der Waals surface area contributed by atoms with Gasteiger partial charge >= 0.3 is 0 Å². The van der Waals surface area contributed by atoms with E-state index < -0.39 is 0 Å². The third-order valence-corrected chi connectivity index (χ3v) is 5.03. The van der Waals surface area contributed by atoms with Gasteiger partial charge in [0.25, 0.3) is 0 Å². The Labute approximate surface area is 126 Å². The molecule has 7 heteroatoms. The van der Waals surface area contributed by atoms with Gasteiger partial charge in [0.2, 0.25) is 5.91 Å². The fraction of sp³-hybridized carbons (Fsp3) is 0.462. The lowest BCUT2D eigenvalue weighted by molar-refractivity contribution is -0.115. The highest BCUT2D eigenvalue weighted by Gasteiger charge is 2.19. The molecule has 0 aliphatic carbocycles. The van der Waals surface area contributed by atoms with Gasteiger partial charge < -0.3 is 5.73 Å². The van der Waals surface area contributed by atoms with Crippen LogP contribution in [0.3, 0.4) is 0 Å². The van der Waals surface area contributed by atoms with E-state index in [9.17, 15) is 4.79 Å². The highest BCUT2D eigenvalue weighted by atomic mass is 32.2. The van der Waals surface area contributed by atoms with Gasteiger partial charge in [0.05, 0.1) is 5.75 Å². The SMILES string of the molecule is Cc1scc(-c2nnc(SCC(N)=O)n2C(C)C)c1C. The first kappa shape index (κ1) is 15.1. The summed E-state index contributed by atoms with van der Waals surface area (Å²) >= 11 is 3.04. The van der Waals surface area contributed by atoms with Crippen molar-refractivity contribution in [1.82, 2.24) is 14.8 Å². The molecule has 0 spiro atoms. The number of rotatable bonds is 5. The Hall–Kier alpha value is -1.34. The summed E-state index contributed by atoms with van der Waals surface area (Å²) in [7, 11) is 0. The number of carbonyl (C=O) groups is 1. The van der Waals surface area contributed by atoms with Crippen molar-refractivity contribution >= 4 is 29.0 Å². The van der Waals surface area contributed by atoms with Crippen molar-refractivity contribution in [2.24, 2.45) is 5.73 Å². The molecule has 2 heterocycles. The summed E-state index contributed by atoms with van der Waals surface area (Å²) in [5.74, 6) is 0.721. The molecular formula is C13H18N4OS2. The van der Waals surface area contributed by atoms with E-state index in [0.29, 0.717) is 0 Å². The number of primary amides is 1. The summed E-state index contributed by atoms with van der Waals surface area (Å²) in [6.07, 6.45) is 0. The van der Waals surface area contributed by atoms with Crippen molar-refractivity contribution in [3.63, 3.8) is 0 Å². The lowest BCUT2D eigenvalue weighted by atomic mass is 10.1. The Morgan fingerprint density at radius 3 is 2.65 bits per heavy atom. The van der Waals surface area contributed by atoms with Crippen molar-refractivity contribution < 1.29 is 4.79 Å². The maximum atomic E-state index is 10.9. The second-order valence-electron chi connectivity index (χ2n) is 4.86. The Bertz CT molecular complexity index is 630. The summed E-state index contributed by atoms with van der Waals surface area (Å²) < 4.78 is 2.06. The third-order valence-electron chi connectivity index (χ3n) is 3.05. The Morgan fingerprint density at radius 1 is 1.45 bits per heavy atom. The molecule has 2 N–H and O–H groups in total. The number of thiophene rings is 1. The van der Waals surface area contributed by atoms with E-state index in [4.69, 9.17) is 5.73 Å². The van der Waals surface area contributed by atoms with Crippen LogP contribution in [0.1, 0.15) is 30.3 Å².